The molecule has 0 spiro atoms. The highest BCUT2D eigenvalue weighted by molar-refractivity contribution is 6.32. The number of rotatable bonds is 4. The zero-order valence-electron chi connectivity index (χ0n) is 7.94. The molecule has 0 heterocycles. The second-order valence-electron chi connectivity index (χ2n) is 2.91. The van der Waals surface area contributed by atoms with E-state index < -0.39 is 12.1 Å². The van der Waals surface area contributed by atoms with Crippen LogP contribution in [0.2, 0.25) is 5.02 Å². The van der Waals surface area contributed by atoms with Gasteiger partial charge in [0, 0.05) is 5.56 Å². The predicted molar refractivity (Wildman–Crippen MR) is 54.6 cm³/mol. The molecule has 15 heavy (non-hydrogen) atoms. The molecule has 0 aliphatic carbocycles. The Labute approximate surface area is 91.4 Å². The van der Waals surface area contributed by atoms with Gasteiger partial charge in [0.15, 0.2) is 6.10 Å². The van der Waals surface area contributed by atoms with E-state index in [1.54, 1.807) is 0 Å². The second-order valence-corrected chi connectivity index (χ2v) is 3.31. The Morgan fingerprint density at radius 2 is 2.27 bits per heavy atom. The summed E-state index contributed by atoms with van der Waals surface area (Å²) in [6.07, 6.45) is -0.333. The third-order valence-corrected chi connectivity index (χ3v) is 2.04. The van der Waals surface area contributed by atoms with Gasteiger partial charge in [-0.1, -0.05) is 11.6 Å². The number of carboxylic acid groups (broad SMARTS) is 1. The molecule has 80 valence electrons. The van der Waals surface area contributed by atoms with Crippen LogP contribution in [-0.4, -0.2) is 23.5 Å². The second kappa shape index (κ2) is 4.79. The molecule has 0 amide bonds. The summed E-state index contributed by atoms with van der Waals surface area (Å²) >= 11 is 5.78. The first-order valence-electron chi connectivity index (χ1n) is 4.18. The average molecular weight is 229 g/mol. The van der Waals surface area contributed by atoms with Crippen LogP contribution >= 0.6 is 11.6 Å². The fraction of sp³-hybridized carbons (Fsp3) is 0.200. The molecule has 0 saturated carbocycles. The topological polar surface area (TPSA) is 63.6 Å². The fourth-order valence-corrected chi connectivity index (χ4v) is 1.16. The van der Waals surface area contributed by atoms with Crippen molar-refractivity contribution < 1.29 is 19.4 Å². The van der Waals surface area contributed by atoms with Gasteiger partial charge >= 0.3 is 5.97 Å². The number of ether oxygens (including phenoxy) is 1. The van der Waals surface area contributed by atoms with Gasteiger partial charge in [0.1, 0.15) is 12.0 Å². The van der Waals surface area contributed by atoms with Crippen molar-refractivity contribution in [3.8, 4) is 5.75 Å². The average Bonchev–Trinajstić information content (AvgIpc) is 2.20. The van der Waals surface area contributed by atoms with Crippen LogP contribution in [0.5, 0.6) is 5.75 Å². The Kier molecular flexibility index (Phi) is 3.68. The third kappa shape index (κ3) is 2.95. The van der Waals surface area contributed by atoms with Crippen LogP contribution in [0, 0.1) is 0 Å². The maximum absolute atomic E-state index is 10.5. The lowest BCUT2D eigenvalue weighted by Gasteiger charge is -2.11. The monoisotopic (exact) mass is 228 g/mol. The van der Waals surface area contributed by atoms with Crippen molar-refractivity contribution >= 4 is 23.9 Å². The number of carboxylic acids is 1. The first-order chi connectivity index (χ1) is 7.04. The minimum atomic E-state index is -1.08. The summed E-state index contributed by atoms with van der Waals surface area (Å²) in [6, 6.07) is 4.38. The molecule has 0 radical (unpaired) electrons. The largest absolute Gasteiger partial charge is 0.479 e. The molecule has 0 fully saturated rings. The zero-order chi connectivity index (χ0) is 11.4. The lowest BCUT2D eigenvalue weighted by Crippen LogP contribution is -2.22. The summed E-state index contributed by atoms with van der Waals surface area (Å²) in [5.41, 5.74) is 0.412. The summed E-state index contributed by atoms with van der Waals surface area (Å²) in [7, 11) is 0. The zero-order valence-corrected chi connectivity index (χ0v) is 8.69. The van der Waals surface area contributed by atoms with Gasteiger partial charge < -0.3 is 9.84 Å². The molecule has 0 unspecified atom stereocenters. The number of aldehydes is 1. The summed E-state index contributed by atoms with van der Waals surface area (Å²) in [6.45, 7) is 1.40. The number of carbonyl (C=O) groups is 2. The van der Waals surface area contributed by atoms with Crippen LogP contribution in [0.1, 0.15) is 17.3 Å². The highest BCUT2D eigenvalue weighted by Crippen LogP contribution is 2.25. The molecule has 0 aromatic heterocycles. The van der Waals surface area contributed by atoms with E-state index in [1.807, 2.05) is 0 Å². The SMILES string of the molecule is C[C@@H](Oc1ccc(C=O)cc1Cl)C(=O)O. The summed E-state index contributed by atoms with van der Waals surface area (Å²) < 4.78 is 5.06. The summed E-state index contributed by atoms with van der Waals surface area (Å²) in [5.74, 6) is -0.831. The number of carbonyl (C=O) groups excluding carboxylic acids is 1. The molecule has 1 N–H and O–H groups in total. The van der Waals surface area contributed by atoms with E-state index in [-0.39, 0.29) is 10.8 Å². The van der Waals surface area contributed by atoms with E-state index in [0.29, 0.717) is 11.8 Å². The minimum Gasteiger partial charge on any atom is -0.479 e. The van der Waals surface area contributed by atoms with E-state index >= 15 is 0 Å². The molecule has 0 bridgehead atoms. The smallest absolute Gasteiger partial charge is 0.344 e. The first kappa shape index (κ1) is 11.5. The van der Waals surface area contributed by atoms with Crippen LogP contribution < -0.4 is 4.74 Å². The maximum atomic E-state index is 10.5. The van der Waals surface area contributed by atoms with Gasteiger partial charge in [-0.15, -0.1) is 0 Å². The van der Waals surface area contributed by atoms with Crippen molar-refractivity contribution in [2.24, 2.45) is 0 Å². The first-order valence-corrected chi connectivity index (χ1v) is 4.56. The van der Waals surface area contributed by atoms with E-state index in [4.69, 9.17) is 21.4 Å². The van der Waals surface area contributed by atoms with Crippen molar-refractivity contribution in [2.75, 3.05) is 0 Å². The van der Waals surface area contributed by atoms with E-state index in [2.05, 4.69) is 0 Å². The molecule has 1 aromatic carbocycles. The number of benzene rings is 1. The molecule has 0 saturated heterocycles. The Balaban J connectivity index is 2.87. The molecular weight excluding hydrogens is 220 g/mol. The van der Waals surface area contributed by atoms with E-state index in [1.165, 1.54) is 25.1 Å². The van der Waals surface area contributed by atoms with Gasteiger partial charge in [-0.2, -0.15) is 0 Å². The molecule has 0 aliphatic rings. The minimum absolute atomic E-state index is 0.215. The summed E-state index contributed by atoms with van der Waals surface area (Å²) in [5, 5.41) is 8.83. The fourth-order valence-electron chi connectivity index (χ4n) is 0.927. The Morgan fingerprint density at radius 3 is 2.73 bits per heavy atom. The normalized spacial score (nSPS) is 11.9. The highest BCUT2D eigenvalue weighted by atomic mass is 35.5. The Morgan fingerprint density at radius 1 is 1.60 bits per heavy atom. The van der Waals surface area contributed by atoms with E-state index in [0.717, 1.165) is 0 Å². The lowest BCUT2D eigenvalue weighted by molar-refractivity contribution is -0.144. The summed E-state index contributed by atoms with van der Waals surface area (Å²) in [4.78, 5) is 20.9. The highest BCUT2D eigenvalue weighted by Gasteiger charge is 2.14. The lowest BCUT2D eigenvalue weighted by atomic mass is 10.2. The van der Waals surface area contributed by atoms with Crippen molar-refractivity contribution in [1.29, 1.82) is 0 Å². The van der Waals surface area contributed by atoms with Gasteiger partial charge in [0.2, 0.25) is 0 Å². The van der Waals surface area contributed by atoms with Crippen LogP contribution in [-0.2, 0) is 4.79 Å². The van der Waals surface area contributed by atoms with Crippen molar-refractivity contribution in [3.05, 3.63) is 28.8 Å². The molecule has 1 aromatic rings. The van der Waals surface area contributed by atoms with Crippen LogP contribution in [0.25, 0.3) is 0 Å². The van der Waals surface area contributed by atoms with Crippen LogP contribution in [0.15, 0.2) is 18.2 Å². The quantitative estimate of drug-likeness (QED) is 0.801. The van der Waals surface area contributed by atoms with Gasteiger partial charge in [-0.05, 0) is 25.1 Å². The molecule has 0 aliphatic heterocycles. The maximum Gasteiger partial charge on any atom is 0.344 e. The van der Waals surface area contributed by atoms with Gasteiger partial charge in [-0.25, -0.2) is 4.79 Å². The molecular formula is C10H9ClO4. The number of aliphatic carboxylic acids is 1. The Hall–Kier alpha value is -1.55. The number of hydrogen-bond donors (Lipinski definition) is 1. The van der Waals surface area contributed by atoms with Gasteiger partial charge in [-0.3, -0.25) is 4.79 Å². The van der Waals surface area contributed by atoms with Crippen molar-refractivity contribution in [3.63, 3.8) is 0 Å². The van der Waals surface area contributed by atoms with Crippen LogP contribution in [0.3, 0.4) is 0 Å². The van der Waals surface area contributed by atoms with Gasteiger partial charge in [0.25, 0.3) is 0 Å². The number of halogens is 1. The van der Waals surface area contributed by atoms with Gasteiger partial charge in [0.05, 0.1) is 5.02 Å². The third-order valence-electron chi connectivity index (χ3n) is 1.74. The molecule has 1 atom stereocenters. The standard InChI is InChI=1S/C10H9ClO4/c1-6(10(13)14)15-9-3-2-7(5-12)4-8(9)11/h2-6H,1H3,(H,13,14)/t6-/m1/s1. The Bertz CT molecular complexity index is 389. The van der Waals surface area contributed by atoms with Crippen molar-refractivity contribution in [2.45, 2.75) is 13.0 Å². The van der Waals surface area contributed by atoms with E-state index in [9.17, 15) is 9.59 Å². The molecule has 4 nitrogen and oxygen atoms in total. The predicted octanol–water partition coefficient (Wildman–Crippen LogP) is 2.00. The number of hydrogen-bond acceptors (Lipinski definition) is 3. The van der Waals surface area contributed by atoms with Crippen molar-refractivity contribution in [1.82, 2.24) is 0 Å². The molecule has 1 rings (SSSR count). The molecule has 5 heteroatoms. The van der Waals surface area contributed by atoms with Crippen LogP contribution in [0.4, 0.5) is 0 Å².